The lowest BCUT2D eigenvalue weighted by Gasteiger charge is -1.88. The van der Waals surface area contributed by atoms with Crippen molar-refractivity contribution in [3.05, 3.63) is 21.4 Å². The quantitative estimate of drug-likeness (QED) is 0.760. The van der Waals surface area contributed by atoms with Crippen LogP contribution in [0.25, 0.3) is 10.6 Å². The van der Waals surface area contributed by atoms with E-state index in [0.717, 1.165) is 25.9 Å². The first-order chi connectivity index (χ1) is 6.16. The van der Waals surface area contributed by atoms with Crippen LogP contribution >= 0.6 is 34.1 Å². The second-order valence-electron chi connectivity index (χ2n) is 2.70. The Morgan fingerprint density at radius 1 is 1.46 bits per heavy atom. The fourth-order valence-corrected chi connectivity index (χ4v) is 2.49. The van der Waals surface area contributed by atoms with Crippen LogP contribution in [0.1, 0.15) is 11.5 Å². The van der Waals surface area contributed by atoms with Crippen molar-refractivity contribution in [3.63, 3.8) is 0 Å². The molecule has 0 amide bonds. The molecule has 0 spiro atoms. The van der Waals surface area contributed by atoms with E-state index in [1.807, 2.05) is 19.9 Å². The number of hydrogen-bond acceptors (Lipinski definition) is 4. The lowest BCUT2D eigenvalue weighted by molar-refractivity contribution is 0.505. The molecule has 0 aliphatic rings. The normalized spacial score (nSPS) is 10.7. The number of hydrogen-bond donors (Lipinski definition) is 0. The Morgan fingerprint density at radius 2 is 2.23 bits per heavy atom. The number of nitrogens with zero attached hydrogens (tertiary/aromatic N) is 2. The number of rotatable bonds is 1. The molecule has 2 aromatic heterocycles. The predicted octanol–water partition coefficient (Wildman–Crippen LogP) is 3.02. The van der Waals surface area contributed by atoms with Crippen LogP contribution < -0.4 is 0 Å². The van der Waals surface area contributed by atoms with Gasteiger partial charge >= 0.3 is 0 Å². The van der Waals surface area contributed by atoms with Crippen molar-refractivity contribution in [2.24, 2.45) is 0 Å². The Bertz CT molecular complexity index is 435. The molecule has 2 heterocycles. The maximum Gasteiger partial charge on any atom is 0.203 e. The average Bonchev–Trinajstić information content (AvgIpc) is 2.58. The van der Waals surface area contributed by atoms with Gasteiger partial charge in [-0.2, -0.15) is 4.37 Å². The molecule has 0 aliphatic heterocycles. The third-order valence-electron chi connectivity index (χ3n) is 1.67. The van der Waals surface area contributed by atoms with Crippen LogP contribution in [0, 0.1) is 17.7 Å². The Hall–Kier alpha value is -0.430. The molecule has 0 aromatic carbocycles. The van der Waals surface area contributed by atoms with Crippen molar-refractivity contribution in [1.82, 2.24) is 9.36 Å². The first-order valence-corrected chi connectivity index (χ1v) is 5.58. The molecular formula is C8H7IN2OS. The second-order valence-corrected chi connectivity index (χ2v) is 4.41. The fraction of sp³-hybridized carbons (Fsp3) is 0.250. The van der Waals surface area contributed by atoms with Gasteiger partial charge in [0.15, 0.2) is 0 Å². The Balaban J connectivity index is 2.51. The van der Waals surface area contributed by atoms with Gasteiger partial charge in [-0.1, -0.05) is 0 Å². The number of aromatic nitrogens is 2. The zero-order chi connectivity index (χ0) is 9.42. The van der Waals surface area contributed by atoms with E-state index in [-0.39, 0.29) is 0 Å². The zero-order valence-electron chi connectivity index (χ0n) is 7.17. The van der Waals surface area contributed by atoms with E-state index in [9.17, 15) is 0 Å². The summed E-state index contributed by atoms with van der Waals surface area (Å²) in [6, 6.07) is 1.99. The first-order valence-electron chi connectivity index (χ1n) is 3.73. The van der Waals surface area contributed by atoms with Gasteiger partial charge in [0.25, 0.3) is 0 Å². The fourth-order valence-electron chi connectivity index (χ4n) is 1.16. The summed E-state index contributed by atoms with van der Waals surface area (Å²) in [5, 5.41) is 0.929. The van der Waals surface area contributed by atoms with Crippen LogP contribution in [0.2, 0.25) is 0 Å². The minimum absolute atomic E-state index is 0.788. The summed E-state index contributed by atoms with van der Waals surface area (Å²) in [5.41, 5.74) is 1.05. The molecule has 13 heavy (non-hydrogen) atoms. The van der Waals surface area contributed by atoms with E-state index < -0.39 is 0 Å². The van der Waals surface area contributed by atoms with Crippen molar-refractivity contribution in [3.8, 4) is 10.6 Å². The van der Waals surface area contributed by atoms with Crippen LogP contribution in [-0.2, 0) is 0 Å². The lowest BCUT2D eigenvalue weighted by Crippen LogP contribution is -1.75. The van der Waals surface area contributed by atoms with E-state index in [4.69, 9.17) is 4.42 Å². The van der Waals surface area contributed by atoms with Crippen molar-refractivity contribution in [1.29, 1.82) is 0 Å². The van der Waals surface area contributed by atoms with Gasteiger partial charge in [-0.25, -0.2) is 4.98 Å². The van der Waals surface area contributed by atoms with Crippen LogP contribution in [0.5, 0.6) is 0 Å². The Labute approximate surface area is 93.5 Å². The maximum atomic E-state index is 5.41. The van der Waals surface area contributed by atoms with Crippen molar-refractivity contribution in [2.75, 3.05) is 0 Å². The van der Waals surface area contributed by atoms with Gasteiger partial charge < -0.3 is 4.42 Å². The van der Waals surface area contributed by atoms with E-state index in [0.29, 0.717) is 0 Å². The van der Waals surface area contributed by atoms with Gasteiger partial charge in [0.2, 0.25) is 3.83 Å². The zero-order valence-corrected chi connectivity index (χ0v) is 10.1. The second kappa shape index (κ2) is 3.38. The molecule has 0 unspecified atom stereocenters. The molecular weight excluding hydrogens is 299 g/mol. The van der Waals surface area contributed by atoms with E-state index in [2.05, 4.69) is 31.9 Å². The minimum atomic E-state index is 0.788. The van der Waals surface area contributed by atoms with E-state index in [1.54, 1.807) is 0 Å². The topological polar surface area (TPSA) is 38.9 Å². The van der Waals surface area contributed by atoms with Crippen LogP contribution in [0.4, 0.5) is 0 Å². The molecule has 68 valence electrons. The average molecular weight is 306 g/mol. The molecule has 0 radical (unpaired) electrons. The third-order valence-corrected chi connectivity index (χ3v) is 3.23. The SMILES string of the molecule is Cc1cc(-c2nc(I)ns2)c(C)o1. The molecule has 0 bridgehead atoms. The highest BCUT2D eigenvalue weighted by atomic mass is 127. The monoisotopic (exact) mass is 306 g/mol. The molecule has 0 fully saturated rings. The molecule has 2 rings (SSSR count). The molecule has 0 aliphatic carbocycles. The van der Waals surface area contributed by atoms with Gasteiger partial charge in [-0.3, -0.25) is 0 Å². The predicted molar refractivity (Wildman–Crippen MR) is 59.8 cm³/mol. The molecule has 2 aromatic rings. The van der Waals surface area contributed by atoms with Gasteiger partial charge in [-0.05, 0) is 31.4 Å². The number of aryl methyl sites for hydroxylation is 2. The Morgan fingerprint density at radius 3 is 2.69 bits per heavy atom. The molecule has 3 nitrogen and oxygen atoms in total. The Kier molecular flexibility index (Phi) is 2.37. The van der Waals surface area contributed by atoms with Gasteiger partial charge in [0, 0.05) is 22.6 Å². The summed E-state index contributed by atoms with van der Waals surface area (Å²) >= 11 is 3.51. The van der Waals surface area contributed by atoms with Crippen LogP contribution in [0.3, 0.4) is 0 Å². The summed E-state index contributed by atoms with van der Waals surface area (Å²) in [4.78, 5) is 4.29. The molecule has 0 N–H and O–H groups in total. The summed E-state index contributed by atoms with van der Waals surface area (Å²) in [6.45, 7) is 3.87. The highest BCUT2D eigenvalue weighted by molar-refractivity contribution is 14.1. The summed E-state index contributed by atoms with van der Waals surface area (Å²) in [5.74, 6) is 1.82. The van der Waals surface area contributed by atoms with Gasteiger partial charge in [-0.15, -0.1) is 0 Å². The highest BCUT2D eigenvalue weighted by Gasteiger charge is 2.11. The third kappa shape index (κ3) is 1.76. The number of halogens is 1. The summed E-state index contributed by atoms with van der Waals surface area (Å²) in [6.07, 6.45) is 0. The standard InChI is InChI=1S/C8H7IN2OS/c1-4-3-6(5(2)12-4)7-10-8(9)11-13-7/h3H,1-2H3. The van der Waals surface area contributed by atoms with Gasteiger partial charge in [0.1, 0.15) is 16.5 Å². The maximum absolute atomic E-state index is 5.41. The smallest absolute Gasteiger partial charge is 0.203 e. The molecule has 0 saturated carbocycles. The van der Waals surface area contributed by atoms with Crippen molar-refractivity contribution in [2.45, 2.75) is 13.8 Å². The molecule has 0 saturated heterocycles. The highest BCUT2D eigenvalue weighted by Crippen LogP contribution is 2.27. The largest absolute Gasteiger partial charge is 0.466 e. The first kappa shape index (κ1) is 9.14. The van der Waals surface area contributed by atoms with Crippen LogP contribution in [-0.4, -0.2) is 9.36 Å². The minimum Gasteiger partial charge on any atom is -0.466 e. The van der Waals surface area contributed by atoms with Crippen LogP contribution in [0.15, 0.2) is 10.5 Å². The van der Waals surface area contributed by atoms with Crippen molar-refractivity contribution >= 4 is 34.1 Å². The molecule has 5 heteroatoms. The van der Waals surface area contributed by atoms with E-state index in [1.165, 1.54) is 11.5 Å². The number of furan rings is 1. The lowest BCUT2D eigenvalue weighted by atomic mass is 10.2. The van der Waals surface area contributed by atoms with Gasteiger partial charge in [0.05, 0.1) is 5.56 Å². The summed E-state index contributed by atoms with van der Waals surface area (Å²) in [7, 11) is 0. The van der Waals surface area contributed by atoms with E-state index >= 15 is 0 Å². The summed E-state index contributed by atoms with van der Waals surface area (Å²) < 4.78 is 10.3. The van der Waals surface area contributed by atoms with Crippen molar-refractivity contribution < 1.29 is 4.42 Å². The molecule has 0 atom stereocenters.